The van der Waals surface area contributed by atoms with Gasteiger partial charge in [-0.25, -0.2) is 0 Å². The van der Waals surface area contributed by atoms with Crippen LogP contribution in [0, 0.1) is 0 Å². The van der Waals surface area contributed by atoms with Gasteiger partial charge in [0.25, 0.3) is 0 Å². The van der Waals surface area contributed by atoms with Crippen molar-refractivity contribution < 1.29 is 9.84 Å². The molecule has 3 nitrogen and oxygen atoms in total. The van der Waals surface area contributed by atoms with E-state index in [1.165, 1.54) is 0 Å². The van der Waals surface area contributed by atoms with Gasteiger partial charge in [0.05, 0.1) is 11.1 Å². The number of ether oxygens (including phenoxy) is 1. The lowest BCUT2D eigenvalue weighted by molar-refractivity contribution is 0.281. The van der Waals surface area contributed by atoms with E-state index in [1.54, 1.807) is 0 Å². The first kappa shape index (κ1) is 13.1. The van der Waals surface area contributed by atoms with Crippen LogP contribution in [0.15, 0.2) is 46.9 Å². The maximum absolute atomic E-state index is 9.07. The molecule has 0 aromatic heterocycles. The molecule has 0 radical (unpaired) electrons. The van der Waals surface area contributed by atoms with E-state index in [0.717, 1.165) is 21.3 Å². The zero-order valence-electron chi connectivity index (χ0n) is 9.77. The van der Waals surface area contributed by atoms with E-state index >= 15 is 0 Å². The standard InChI is InChI=1S/C14H14BrNO2/c15-13-7-10(8-16)4-5-14(13)18-12-3-1-2-11(6-12)9-17/h1-7,17H,8-9,16H2. The van der Waals surface area contributed by atoms with Crippen LogP contribution in [0.3, 0.4) is 0 Å². The highest BCUT2D eigenvalue weighted by molar-refractivity contribution is 9.10. The van der Waals surface area contributed by atoms with Gasteiger partial charge in [0.15, 0.2) is 0 Å². The summed E-state index contributed by atoms with van der Waals surface area (Å²) in [5, 5.41) is 9.07. The van der Waals surface area contributed by atoms with Gasteiger partial charge in [0.2, 0.25) is 0 Å². The minimum Gasteiger partial charge on any atom is -0.456 e. The second kappa shape index (κ2) is 6.00. The maximum Gasteiger partial charge on any atom is 0.141 e. The summed E-state index contributed by atoms with van der Waals surface area (Å²) < 4.78 is 6.61. The minimum absolute atomic E-state index is 0.00445. The fourth-order valence-corrected chi connectivity index (χ4v) is 2.10. The third-order valence-corrected chi connectivity index (χ3v) is 3.16. The van der Waals surface area contributed by atoms with E-state index in [-0.39, 0.29) is 6.61 Å². The average molecular weight is 308 g/mol. The zero-order valence-corrected chi connectivity index (χ0v) is 11.4. The quantitative estimate of drug-likeness (QED) is 0.912. The predicted octanol–water partition coefficient (Wildman–Crippen LogP) is 3.19. The molecule has 18 heavy (non-hydrogen) atoms. The number of hydrogen-bond acceptors (Lipinski definition) is 3. The predicted molar refractivity (Wildman–Crippen MR) is 74.5 cm³/mol. The Balaban J connectivity index is 2.22. The van der Waals surface area contributed by atoms with Gasteiger partial charge in [0.1, 0.15) is 11.5 Å². The van der Waals surface area contributed by atoms with E-state index in [2.05, 4.69) is 15.9 Å². The van der Waals surface area contributed by atoms with Crippen LogP contribution in [0.1, 0.15) is 11.1 Å². The highest BCUT2D eigenvalue weighted by Crippen LogP contribution is 2.30. The SMILES string of the molecule is NCc1ccc(Oc2cccc(CO)c2)c(Br)c1. The van der Waals surface area contributed by atoms with Crippen LogP contribution in [0.2, 0.25) is 0 Å². The second-order valence-electron chi connectivity index (χ2n) is 3.88. The molecule has 2 rings (SSSR count). The number of aliphatic hydroxyl groups is 1. The number of benzene rings is 2. The molecule has 0 unspecified atom stereocenters. The van der Waals surface area contributed by atoms with Gasteiger partial charge in [-0.15, -0.1) is 0 Å². The summed E-state index contributed by atoms with van der Waals surface area (Å²) in [6.45, 7) is 0.503. The van der Waals surface area contributed by atoms with E-state index in [4.69, 9.17) is 15.6 Å². The van der Waals surface area contributed by atoms with Crippen molar-refractivity contribution in [1.82, 2.24) is 0 Å². The number of hydrogen-bond donors (Lipinski definition) is 2. The normalized spacial score (nSPS) is 10.4. The molecule has 0 saturated carbocycles. The molecule has 4 heteroatoms. The summed E-state index contributed by atoms with van der Waals surface area (Å²) in [5.74, 6) is 1.42. The molecular weight excluding hydrogens is 294 g/mol. The van der Waals surface area contributed by atoms with Crippen molar-refractivity contribution in [2.24, 2.45) is 5.73 Å². The van der Waals surface area contributed by atoms with Gasteiger partial charge in [-0.1, -0.05) is 18.2 Å². The molecule has 0 amide bonds. The van der Waals surface area contributed by atoms with Gasteiger partial charge < -0.3 is 15.6 Å². The summed E-state index contributed by atoms with van der Waals surface area (Å²) in [6, 6.07) is 13.1. The fraction of sp³-hybridized carbons (Fsp3) is 0.143. The van der Waals surface area contributed by atoms with Crippen molar-refractivity contribution in [2.45, 2.75) is 13.2 Å². The highest BCUT2D eigenvalue weighted by Gasteiger charge is 2.04. The molecule has 0 saturated heterocycles. The second-order valence-corrected chi connectivity index (χ2v) is 4.73. The van der Waals surface area contributed by atoms with Gasteiger partial charge >= 0.3 is 0 Å². The van der Waals surface area contributed by atoms with Gasteiger partial charge in [0, 0.05) is 6.54 Å². The molecule has 0 heterocycles. The van der Waals surface area contributed by atoms with Crippen molar-refractivity contribution >= 4 is 15.9 Å². The first-order chi connectivity index (χ1) is 8.72. The van der Waals surface area contributed by atoms with E-state index in [9.17, 15) is 0 Å². The highest BCUT2D eigenvalue weighted by atomic mass is 79.9. The monoisotopic (exact) mass is 307 g/mol. The Bertz CT molecular complexity index is 543. The summed E-state index contributed by atoms with van der Waals surface area (Å²) in [6.07, 6.45) is 0. The van der Waals surface area contributed by atoms with Crippen LogP contribution in [-0.4, -0.2) is 5.11 Å². The van der Waals surface area contributed by atoms with Crippen LogP contribution in [0.5, 0.6) is 11.5 Å². The first-order valence-electron chi connectivity index (χ1n) is 5.59. The summed E-state index contributed by atoms with van der Waals surface area (Å²) >= 11 is 3.45. The topological polar surface area (TPSA) is 55.5 Å². The maximum atomic E-state index is 9.07. The molecule has 2 aromatic rings. The Morgan fingerprint density at radius 2 is 1.94 bits per heavy atom. The van der Waals surface area contributed by atoms with Crippen LogP contribution in [0.25, 0.3) is 0 Å². The summed E-state index contributed by atoms with van der Waals surface area (Å²) in [4.78, 5) is 0. The number of aliphatic hydroxyl groups excluding tert-OH is 1. The largest absolute Gasteiger partial charge is 0.456 e. The molecular formula is C14H14BrNO2. The van der Waals surface area contributed by atoms with E-state index in [0.29, 0.717) is 12.3 Å². The molecule has 0 atom stereocenters. The lowest BCUT2D eigenvalue weighted by Crippen LogP contribution is -1.96. The number of rotatable bonds is 4. The Morgan fingerprint density at radius 3 is 2.61 bits per heavy atom. The Morgan fingerprint density at radius 1 is 1.11 bits per heavy atom. The summed E-state index contributed by atoms with van der Waals surface area (Å²) in [7, 11) is 0. The zero-order chi connectivity index (χ0) is 13.0. The summed E-state index contributed by atoms with van der Waals surface area (Å²) in [5.41, 5.74) is 7.43. The lowest BCUT2D eigenvalue weighted by atomic mass is 10.2. The average Bonchev–Trinajstić information content (AvgIpc) is 2.41. The Kier molecular flexibility index (Phi) is 4.36. The van der Waals surface area contributed by atoms with E-state index in [1.807, 2.05) is 42.5 Å². The fourth-order valence-electron chi connectivity index (χ4n) is 1.59. The number of halogens is 1. The van der Waals surface area contributed by atoms with Gasteiger partial charge in [-0.05, 0) is 51.3 Å². The van der Waals surface area contributed by atoms with Crippen molar-refractivity contribution in [2.75, 3.05) is 0 Å². The minimum atomic E-state index is 0.00445. The molecule has 0 aliphatic heterocycles. The van der Waals surface area contributed by atoms with Crippen LogP contribution < -0.4 is 10.5 Å². The molecule has 2 aromatic carbocycles. The molecule has 0 spiro atoms. The van der Waals surface area contributed by atoms with Crippen LogP contribution >= 0.6 is 15.9 Å². The Hall–Kier alpha value is -1.36. The number of nitrogens with two attached hydrogens (primary N) is 1. The molecule has 94 valence electrons. The third kappa shape index (κ3) is 3.10. The Labute approximate surface area is 114 Å². The van der Waals surface area contributed by atoms with Crippen molar-refractivity contribution in [3.8, 4) is 11.5 Å². The first-order valence-corrected chi connectivity index (χ1v) is 6.38. The van der Waals surface area contributed by atoms with E-state index < -0.39 is 0 Å². The lowest BCUT2D eigenvalue weighted by Gasteiger charge is -2.09. The molecule has 0 aliphatic rings. The van der Waals surface area contributed by atoms with Crippen molar-refractivity contribution in [3.63, 3.8) is 0 Å². The van der Waals surface area contributed by atoms with Crippen LogP contribution in [0.4, 0.5) is 0 Å². The molecule has 3 N–H and O–H groups in total. The molecule has 0 aliphatic carbocycles. The van der Waals surface area contributed by atoms with Gasteiger partial charge in [-0.3, -0.25) is 0 Å². The molecule has 0 bridgehead atoms. The smallest absolute Gasteiger partial charge is 0.141 e. The van der Waals surface area contributed by atoms with Crippen LogP contribution in [-0.2, 0) is 13.2 Å². The van der Waals surface area contributed by atoms with Gasteiger partial charge in [-0.2, -0.15) is 0 Å². The van der Waals surface area contributed by atoms with Crippen molar-refractivity contribution in [1.29, 1.82) is 0 Å². The molecule has 0 fully saturated rings. The van der Waals surface area contributed by atoms with Crippen molar-refractivity contribution in [3.05, 3.63) is 58.1 Å². The third-order valence-electron chi connectivity index (χ3n) is 2.54.